The monoisotopic (exact) mass is 351 g/mol. The molecule has 2 aliphatic rings. The second kappa shape index (κ2) is 6.78. The highest BCUT2D eigenvalue weighted by molar-refractivity contribution is 9.10. The molecule has 0 aliphatic carbocycles. The molecule has 3 nitrogen and oxygen atoms in total. The molecule has 2 saturated heterocycles. The summed E-state index contributed by atoms with van der Waals surface area (Å²) in [5.74, 6) is 0.861. The summed E-state index contributed by atoms with van der Waals surface area (Å²) in [5, 5.41) is 0. The lowest BCUT2D eigenvalue weighted by Gasteiger charge is -2.46. The van der Waals surface area contributed by atoms with E-state index in [1.54, 1.807) is 0 Å². The van der Waals surface area contributed by atoms with E-state index in [1.807, 2.05) is 0 Å². The Bertz CT molecular complexity index is 491. The number of hydrogen-bond donors (Lipinski definition) is 1. The summed E-state index contributed by atoms with van der Waals surface area (Å²) >= 11 is 3.70. The fourth-order valence-corrected chi connectivity index (χ4v) is 4.51. The number of benzene rings is 1. The lowest BCUT2D eigenvalue weighted by Crippen LogP contribution is -2.52. The van der Waals surface area contributed by atoms with E-state index in [9.17, 15) is 0 Å². The zero-order valence-corrected chi connectivity index (χ0v) is 14.5. The van der Waals surface area contributed by atoms with Crippen LogP contribution in [0.1, 0.15) is 30.4 Å². The molecule has 116 valence electrons. The lowest BCUT2D eigenvalue weighted by molar-refractivity contribution is 0.0354. The standard InChI is InChI=1S/C17H26BrN3/c1-20-7-2-3-15-12-21(8-6-17(15)20)11-14-5-4-13(10-19)9-16(14)18/h4-5,9,15,17H,2-3,6-8,10-12,19H2,1H3. The molecule has 4 heteroatoms. The van der Waals surface area contributed by atoms with Gasteiger partial charge >= 0.3 is 0 Å². The normalized spacial score (nSPS) is 27.6. The quantitative estimate of drug-likeness (QED) is 0.908. The number of fused-ring (bicyclic) bond motifs is 1. The molecule has 1 aromatic rings. The van der Waals surface area contributed by atoms with Crippen LogP contribution < -0.4 is 5.73 Å². The number of hydrogen-bond acceptors (Lipinski definition) is 3. The second-order valence-corrected chi connectivity index (χ2v) is 7.46. The van der Waals surface area contributed by atoms with Gasteiger partial charge in [-0.2, -0.15) is 0 Å². The number of piperidine rings is 2. The van der Waals surface area contributed by atoms with E-state index in [-0.39, 0.29) is 0 Å². The van der Waals surface area contributed by atoms with Crippen molar-refractivity contribution in [3.05, 3.63) is 33.8 Å². The largest absolute Gasteiger partial charge is 0.326 e. The molecule has 0 spiro atoms. The zero-order chi connectivity index (χ0) is 14.8. The van der Waals surface area contributed by atoms with Crippen LogP contribution in [-0.4, -0.2) is 42.5 Å². The molecule has 0 amide bonds. The molecule has 0 aromatic heterocycles. The van der Waals surface area contributed by atoms with Gasteiger partial charge in [-0.1, -0.05) is 28.1 Å². The molecular formula is C17H26BrN3. The van der Waals surface area contributed by atoms with Gasteiger partial charge in [0.25, 0.3) is 0 Å². The number of likely N-dealkylation sites (tertiary alicyclic amines) is 2. The van der Waals surface area contributed by atoms with Gasteiger partial charge in [0, 0.05) is 30.1 Å². The summed E-state index contributed by atoms with van der Waals surface area (Å²) in [7, 11) is 2.30. The molecule has 2 fully saturated rings. The van der Waals surface area contributed by atoms with Crippen LogP contribution in [0.15, 0.2) is 22.7 Å². The van der Waals surface area contributed by atoms with Gasteiger partial charge in [0.2, 0.25) is 0 Å². The van der Waals surface area contributed by atoms with E-state index in [0.717, 1.165) is 18.5 Å². The molecule has 21 heavy (non-hydrogen) atoms. The number of nitrogens with zero attached hydrogens (tertiary/aromatic N) is 2. The van der Waals surface area contributed by atoms with Gasteiger partial charge in [0.05, 0.1) is 0 Å². The van der Waals surface area contributed by atoms with E-state index >= 15 is 0 Å². The minimum atomic E-state index is 0.610. The molecule has 0 radical (unpaired) electrons. The smallest absolute Gasteiger partial charge is 0.0245 e. The molecule has 2 unspecified atom stereocenters. The molecule has 0 saturated carbocycles. The van der Waals surface area contributed by atoms with Gasteiger partial charge < -0.3 is 10.6 Å². The van der Waals surface area contributed by atoms with Gasteiger partial charge in [0.15, 0.2) is 0 Å². The fraction of sp³-hybridized carbons (Fsp3) is 0.647. The van der Waals surface area contributed by atoms with Gasteiger partial charge in [0.1, 0.15) is 0 Å². The van der Waals surface area contributed by atoms with Gasteiger partial charge in [-0.25, -0.2) is 0 Å². The third-order valence-electron chi connectivity index (χ3n) is 5.18. The predicted octanol–water partition coefficient (Wildman–Crippen LogP) is 2.82. The summed E-state index contributed by atoms with van der Waals surface area (Å²) < 4.78 is 1.20. The Morgan fingerprint density at radius 3 is 2.90 bits per heavy atom. The maximum absolute atomic E-state index is 5.70. The third-order valence-corrected chi connectivity index (χ3v) is 5.92. The van der Waals surface area contributed by atoms with Crippen LogP contribution in [0.25, 0.3) is 0 Å². The Kier molecular flexibility index (Phi) is 4.99. The molecule has 3 rings (SSSR count). The minimum Gasteiger partial charge on any atom is -0.326 e. The summed E-state index contributed by atoms with van der Waals surface area (Å²) in [6.45, 7) is 5.42. The molecule has 2 heterocycles. The topological polar surface area (TPSA) is 32.5 Å². The Labute approximate surface area is 136 Å². The maximum Gasteiger partial charge on any atom is 0.0245 e. The zero-order valence-electron chi connectivity index (χ0n) is 12.9. The van der Waals surface area contributed by atoms with Crippen molar-refractivity contribution in [1.82, 2.24) is 9.80 Å². The SMILES string of the molecule is CN1CCCC2CN(Cc3ccc(CN)cc3Br)CCC21. The first-order valence-electron chi connectivity index (χ1n) is 8.07. The average Bonchev–Trinajstić information content (AvgIpc) is 2.49. The van der Waals surface area contributed by atoms with Crippen molar-refractivity contribution in [2.24, 2.45) is 11.7 Å². The van der Waals surface area contributed by atoms with Gasteiger partial charge in [-0.05, 0) is 62.5 Å². The van der Waals surface area contributed by atoms with Crippen LogP contribution in [0.2, 0.25) is 0 Å². The van der Waals surface area contributed by atoms with Gasteiger partial charge in [-0.15, -0.1) is 0 Å². The van der Waals surface area contributed by atoms with Crippen molar-refractivity contribution < 1.29 is 0 Å². The Morgan fingerprint density at radius 1 is 1.29 bits per heavy atom. The fourth-order valence-electron chi connectivity index (χ4n) is 3.96. The first kappa shape index (κ1) is 15.5. The molecule has 2 aliphatic heterocycles. The molecule has 1 aromatic carbocycles. The Balaban J connectivity index is 1.64. The summed E-state index contributed by atoms with van der Waals surface area (Å²) in [6.07, 6.45) is 4.08. The van der Waals surface area contributed by atoms with E-state index in [2.05, 4.69) is 51.0 Å². The highest BCUT2D eigenvalue weighted by atomic mass is 79.9. The van der Waals surface area contributed by atoms with Crippen molar-refractivity contribution in [3.8, 4) is 0 Å². The van der Waals surface area contributed by atoms with Crippen LogP contribution in [0, 0.1) is 5.92 Å². The van der Waals surface area contributed by atoms with Crippen molar-refractivity contribution in [1.29, 1.82) is 0 Å². The van der Waals surface area contributed by atoms with Crippen molar-refractivity contribution >= 4 is 15.9 Å². The minimum absolute atomic E-state index is 0.610. The molecule has 2 N–H and O–H groups in total. The second-order valence-electron chi connectivity index (χ2n) is 6.60. The van der Waals surface area contributed by atoms with Crippen LogP contribution in [0.3, 0.4) is 0 Å². The van der Waals surface area contributed by atoms with E-state index in [0.29, 0.717) is 6.54 Å². The molecular weight excluding hydrogens is 326 g/mol. The van der Waals surface area contributed by atoms with E-state index < -0.39 is 0 Å². The van der Waals surface area contributed by atoms with E-state index in [1.165, 1.54) is 54.5 Å². The summed E-state index contributed by atoms with van der Waals surface area (Å²) in [6, 6.07) is 7.36. The first-order chi connectivity index (χ1) is 10.2. The summed E-state index contributed by atoms with van der Waals surface area (Å²) in [5.41, 5.74) is 8.28. The Hall–Kier alpha value is -0.420. The lowest BCUT2D eigenvalue weighted by atomic mass is 9.84. The number of nitrogens with two attached hydrogens (primary N) is 1. The number of halogens is 1. The van der Waals surface area contributed by atoms with Crippen molar-refractivity contribution in [2.45, 2.75) is 38.4 Å². The third kappa shape index (κ3) is 3.50. The van der Waals surface area contributed by atoms with Crippen molar-refractivity contribution in [3.63, 3.8) is 0 Å². The maximum atomic E-state index is 5.70. The van der Waals surface area contributed by atoms with Gasteiger partial charge in [-0.3, -0.25) is 4.90 Å². The van der Waals surface area contributed by atoms with Crippen LogP contribution in [-0.2, 0) is 13.1 Å². The first-order valence-corrected chi connectivity index (χ1v) is 8.86. The predicted molar refractivity (Wildman–Crippen MR) is 91.1 cm³/mol. The molecule has 2 atom stereocenters. The Morgan fingerprint density at radius 2 is 2.14 bits per heavy atom. The molecule has 0 bridgehead atoms. The van der Waals surface area contributed by atoms with Crippen molar-refractivity contribution in [2.75, 3.05) is 26.7 Å². The highest BCUT2D eigenvalue weighted by Gasteiger charge is 2.34. The number of rotatable bonds is 3. The highest BCUT2D eigenvalue weighted by Crippen LogP contribution is 2.31. The summed E-state index contributed by atoms with van der Waals surface area (Å²) in [4.78, 5) is 5.21. The van der Waals surface area contributed by atoms with Crippen LogP contribution in [0.4, 0.5) is 0 Å². The van der Waals surface area contributed by atoms with E-state index in [4.69, 9.17) is 5.73 Å². The van der Waals surface area contributed by atoms with Crippen LogP contribution >= 0.6 is 15.9 Å². The van der Waals surface area contributed by atoms with Crippen LogP contribution in [0.5, 0.6) is 0 Å². The average molecular weight is 352 g/mol.